The fourth-order valence-electron chi connectivity index (χ4n) is 3.13. The number of hydrogen-bond acceptors (Lipinski definition) is 6. The molecule has 0 aliphatic carbocycles. The fourth-order valence-corrected chi connectivity index (χ4v) is 4.35. The third-order valence-corrected chi connectivity index (χ3v) is 6.08. The number of sulfonamides is 1. The molecular formula is C18H24N4O5S. The molecule has 0 amide bonds. The highest BCUT2D eigenvalue weighted by molar-refractivity contribution is 7.89. The molecule has 1 aromatic carbocycles. The van der Waals surface area contributed by atoms with Crippen molar-refractivity contribution in [1.82, 2.24) is 18.8 Å². The van der Waals surface area contributed by atoms with Crippen LogP contribution in [0.15, 0.2) is 51.0 Å². The van der Waals surface area contributed by atoms with Crippen molar-refractivity contribution in [3.8, 4) is 0 Å². The highest BCUT2D eigenvalue weighted by Crippen LogP contribution is 2.11. The van der Waals surface area contributed by atoms with E-state index in [9.17, 15) is 18.0 Å². The van der Waals surface area contributed by atoms with Crippen molar-refractivity contribution in [3.63, 3.8) is 0 Å². The molecule has 1 fully saturated rings. The van der Waals surface area contributed by atoms with E-state index in [0.717, 1.165) is 28.4 Å². The van der Waals surface area contributed by atoms with Crippen molar-refractivity contribution >= 4 is 10.0 Å². The molecule has 10 heteroatoms. The van der Waals surface area contributed by atoms with Crippen molar-refractivity contribution in [2.75, 3.05) is 26.2 Å². The van der Waals surface area contributed by atoms with E-state index in [0.29, 0.717) is 13.2 Å². The number of morpholine rings is 1. The van der Waals surface area contributed by atoms with E-state index < -0.39 is 26.2 Å². The van der Waals surface area contributed by atoms with Crippen LogP contribution in [0.4, 0.5) is 0 Å². The molecule has 0 spiro atoms. The van der Waals surface area contributed by atoms with Gasteiger partial charge in [0.15, 0.2) is 4.90 Å². The number of hydrogen-bond donors (Lipinski definition) is 1. The number of nitrogens with zero attached hydrogens (tertiary/aromatic N) is 3. The Balaban J connectivity index is 1.66. The summed E-state index contributed by atoms with van der Waals surface area (Å²) >= 11 is 0. The van der Waals surface area contributed by atoms with Crippen molar-refractivity contribution in [1.29, 1.82) is 0 Å². The number of nitrogens with one attached hydrogen (secondary N) is 1. The van der Waals surface area contributed by atoms with E-state index in [1.165, 1.54) is 19.7 Å². The predicted octanol–water partition coefficient (Wildman–Crippen LogP) is -0.737. The summed E-state index contributed by atoms with van der Waals surface area (Å²) in [7, 11) is -1.43. The van der Waals surface area contributed by atoms with E-state index in [2.05, 4.69) is 9.62 Å². The van der Waals surface area contributed by atoms with Crippen molar-refractivity contribution in [2.45, 2.75) is 17.5 Å². The molecule has 2 aromatic rings. The first-order valence-corrected chi connectivity index (χ1v) is 10.4. The molecule has 1 aromatic heterocycles. The minimum absolute atomic E-state index is 0.0413. The second kappa shape index (κ2) is 8.39. The van der Waals surface area contributed by atoms with Crippen LogP contribution < -0.4 is 16.0 Å². The monoisotopic (exact) mass is 408 g/mol. The number of benzene rings is 1. The molecule has 1 aliphatic rings. The first kappa shape index (κ1) is 20.5. The van der Waals surface area contributed by atoms with Crippen LogP contribution in [0.2, 0.25) is 0 Å². The fraction of sp³-hybridized carbons (Fsp3) is 0.444. The lowest BCUT2D eigenvalue weighted by atomic mass is 10.2. The third kappa shape index (κ3) is 4.58. The summed E-state index contributed by atoms with van der Waals surface area (Å²) in [5.74, 6) is 0. The number of ether oxygens (including phenoxy) is 1. The minimum Gasteiger partial charge on any atom is -0.374 e. The summed E-state index contributed by atoms with van der Waals surface area (Å²) in [4.78, 5) is 25.7. The van der Waals surface area contributed by atoms with Gasteiger partial charge in [-0.05, 0) is 5.56 Å². The summed E-state index contributed by atoms with van der Waals surface area (Å²) in [6, 6.07) is 10.0. The van der Waals surface area contributed by atoms with Crippen LogP contribution in [0, 0.1) is 0 Å². The van der Waals surface area contributed by atoms with Crippen LogP contribution >= 0.6 is 0 Å². The lowest BCUT2D eigenvalue weighted by Gasteiger charge is -2.33. The van der Waals surface area contributed by atoms with Gasteiger partial charge in [-0.1, -0.05) is 30.3 Å². The van der Waals surface area contributed by atoms with Crippen LogP contribution in [-0.2, 0) is 35.4 Å². The Hall–Kier alpha value is -2.27. The van der Waals surface area contributed by atoms with E-state index in [4.69, 9.17) is 4.74 Å². The van der Waals surface area contributed by atoms with Crippen LogP contribution in [0.5, 0.6) is 0 Å². The van der Waals surface area contributed by atoms with Gasteiger partial charge in [0.05, 0.1) is 12.7 Å². The smallest absolute Gasteiger partial charge is 0.330 e. The molecule has 9 nitrogen and oxygen atoms in total. The molecule has 0 bridgehead atoms. The van der Waals surface area contributed by atoms with E-state index in [1.54, 1.807) is 0 Å². The lowest BCUT2D eigenvalue weighted by molar-refractivity contribution is -0.0276. The standard InChI is InChI=1S/C18H24N4O5S/c1-20-13-16(17(23)21(2)18(20)24)28(25,26)19-10-15-12-22(8-9-27-15)11-14-6-4-3-5-7-14/h3-7,13,15,19H,8-12H2,1-2H3. The van der Waals surface area contributed by atoms with Gasteiger partial charge in [-0.25, -0.2) is 17.9 Å². The highest BCUT2D eigenvalue weighted by Gasteiger charge is 2.25. The molecule has 2 heterocycles. The summed E-state index contributed by atoms with van der Waals surface area (Å²) in [5, 5.41) is 0. The van der Waals surface area contributed by atoms with Gasteiger partial charge in [0.25, 0.3) is 5.56 Å². The highest BCUT2D eigenvalue weighted by atomic mass is 32.2. The summed E-state index contributed by atoms with van der Waals surface area (Å²) in [5.41, 5.74) is -0.264. The second-order valence-corrected chi connectivity index (χ2v) is 8.55. The Morgan fingerprint density at radius 3 is 2.61 bits per heavy atom. The van der Waals surface area contributed by atoms with Crippen molar-refractivity contribution in [3.05, 3.63) is 62.9 Å². The van der Waals surface area contributed by atoms with Crippen LogP contribution in [0.1, 0.15) is 5.56 Å². The molecule has 1 unspecified atom stereocenters. The van der Waals surface area contributed by atoms with Gasteiger partial charge in [0.1, 0.15) is 0 Å². The largest absolute Gasteiger partial charge is 0.374 e. The van der Waals surface area contributed by atoms with Gasteiger partial charge in [0.2, 0.25) is 10.0 Å². The summed E-state index contributed by atoms with van der Waals surface area (Å²) < 4.78 is 35.1. The quantitative estimate of drug-likeness (QED) is 0.676. The van der Waals surface area contributed by atoms with Gasteiger partial charge >= 0.3 is 5.69 Å². The second-order valence-electron chi connectivity index (χ2n) is 6.82. The van der Waals surface area contributed by atoms with Gasteiger partial charge in [-0.3, -0.25) is 14.3 Å². The van der Waals surface area contributed by atoms with Crippen LogP contribution in [0.25, 0.3) is 0 Å². The summed E-state index contributed by atoms with van der Waals surface area (Å²) in [6.07, 6.45) is 0.708. The van der Waals surface area contributed by atoms with Gasteiger partial charge < -0.3 is 9.30 Å². The van der Waals surface area contributed by atoms with Gasteiger partial charge in [-0.15, -0.1) is 0 Å². The van der Waals surface area contributed by atoms with Crippen LogP contribution in [0.3, 0.4) is 0 Å². The normalized spacial score (nSPS) is 18.3. The molecule has 1 aliphatic heterocycles. The Kier molecular flexibility index (Phi) is 6.14. The van der Waals surface area contributed by atoms with E-state index in [1.807, 2.05) is 30.3 Å². The van der Waals surface area contributed by atoms with Crippen molar-refractivity contribution < 1.29 is 13.2 Å². The van der Waals surface area contributed by atoms with Gasteiger partial charge in [0, 0.05) is 46.5 Å². The molecule has 1 atom stereocenters. The van der Waals surface area contributed by atoms with E-state index in [-0.39, 0.29) is 12.6 Å². The number of aryl methyl sites for hydroxylation is 1. The predicted molar refractivity (Wildman–Crippen MR) is 104 cm³/mol. The average molecular weight is 408 g/mol. The molecule has 1 N–H and O–H groups in total. The average Bonchev–Trinajstić information content (AvgIpc) is 2.68. The zero-order chi connectivity index (χ0) is 20.3. The number of aromatic nitrogens is 2. The molecular weight excluding hydrogens is 384 g/mol. The molecule has 3 rings (SSSR count). The zero-order valence-electron chi connectivity index (χ0n) is 15.9. The topological polar surface area (TPSA) is 103 Å². The maximum atomic E-state index is 12.6. The third-order valence-electron chi connectivity index (χ3n) is 4.68. The first-order valence-electron chi connectivity index (χ1n) is 8.92. The SMILES string of the molecule is Cn1cc(S(=O)(=O)NCC2CN(Cc3ccccc3)CCO2)c(=O)n(C)c1=O. The molecule has 1 saturated heterocycles. The maximum Gasteiger partial charge on any atom is 0.330 e. The molecule has 0 radical (unpaired) electrons. The first-order chi connectivity index (χ1) is 13.3. The molecule has 28 heavy (non-hydrogen) atoms. The van der Waals surface area contributed by atoms with Crippen LogP contribution in [-0.4, -0.2) is 54.8 Å². The summed E-state index contributed by atoms with van der Waals surface area (Å²) in [6.45, 7) is 2.64. The number of rotatable bonds is 6. The van der Waals surface area contributed by atoms with Crippen molar-refractivity contribution in [2.24, 2.45) is 14.1 Å². The lowest BCUT2D eigenvalue weighted by Crippen LogP contribution is -2.48. The Morgan fingerprint density at radius 1 is 1.18 bits per heavy atom. The Bertz CT molecular complexity index is 1050. The Labute approximate surface area is 163 Å². The zero-order valence-corrected chi connectivity index (χ0v) is 16.7. The Morgan fingerprint density at radius 2 is 1.89 bits per heavy atom. The minimum atomic E-state index is -4.07. The molecule has 0 saturated carbocycles. The van der Waals surface area contributed by atoms with Gasteiger partial charge in [-0.2, -0.15) is 0 Å². The maximum absolute atomic E-state index is 12.6. The van der Waals surface area contributed by atoms with E-state index >= 15 is 0 Å². The molecule has 152 valence electrons.